The molecule has 0 amide bonds. The number of methoxy groups -OCH3 is 2. The number of phenols is 2. The number of hydrogen-bond donors (Lipinski definition) is 2. The highest BCUT2D eigenvalue weighted by Crippen LogP contribution is 2.42. The molecule has 1 aliphatic heterocycles. The van der Waals surface area contributed by atoms with Gasteiger partial charge < -0.3 is 29.2 Å². The minimum atomic E-state index is -1.28. The lowest BCUT2D eigenvalue weighted by atomic mass is 10.3. The van der Waals surface area contributed by atoms with Crippen molar-refractivity contribution in [2.45, 2.75) is 18.6 Å². The number of carbonyl (C=O) groups is 2. The molecule has 2 aromatic rings. The Bertz CT molecular complexity index is 1060. The second kappa shape index (κ2) is 14.3. The number of hydrogen-bond acceptors (Lipinski definition) is 12. The van der Waals surface area contributed by atoms with Gasteiger partial charge in [0.05, 0.1) is 24.1 Å². The molecule has 2 N–H and O–H groups in total. The number of nitrogens with zero attached hydrogens (tertiary/aromatic N) is 2. The molecule has 192 valence electrons. The molecule has 2 aromatic carbocycles. The van der Waals surface area contributed by atoms with E-state index in [9.17, 15) is 29.8 Å². The molecule has 0 aromatic heterocycles. The summed E-state index contributed by atoms with van der Waals surface area (Å²) in [5, 5.41) is 38.4. The summed E-state index contributed by atoms with van der Waals surface area (Å²) in [6, 6.07) is 7.75. The SMILES string of the molecule is C.COC(=O)C(Cl)Cl.COC(=O)C1Oc2cccc([N+](=O)[O-])c2O1.O=[N+]([O-])c1cccc(O)c1O. The number of alkyl halides is 2. The second-order valence-electron chi connectivity index (χ2n) is 5.68. The van der Waals surface area contributed by atoms with Crippen molar-refractivity contribution in [1.82, 2.24) is 0 Å². The molecule has 14 nitrogen and oxygen atoms in total. The number of halogens is 2. The Hall–Kier alpha value is -4.04. The fraction of sp³-hybridized carbons (Fsp3) is 0.263. The average Bonchev–Trinajstić information content (AvgIpc) is 3.24. The number of ether oxygens (including phenoxy) is 4. The molecule has 3 rings (SSSR count). The average molecular weight is 539 g/mol. The van der Waals surface area contributed by atoms with Crippen molar-refractivity contribution in [1.29, 1.82) is 0 Å². The van der Waals surface area contributed by atoms with Crippen LogP contribution in [0.4, 0.5) is 11.4 Å². The van der Waals surface area contributed by atoms with E-state index < -0.39 is 50.1 Å². The van der Waals surface area contributed by atoms with E-state index in [1.165, 1.54) is 44.6 Å². The zero-order chi connectivity index (χ0) is 26.0. The number of phenolic OH excluding ortho intramolecular Hbond substituents is 2. The first-order chi connectivity index (χ1) is 15.9. The highest BCUT2D eigenvalue weighted by Gasteiger charge is 2.36. The summed E-state index contributed by atoms with van der Waals surface area (Å²) in [6.07, 6.45) is -1.28. The Kier molecular flexibility index (Phi) is 12.6. The van der Waals surface area contributed by atoms with Crippen LogP contribution in [-0.2, 0) is 19.1 Å². The molecule has 0 aliphatic carbocycles. The molecule has 1 unspecified atom stereocenters. The first kappa shape index (κ1) is 31.0. The predicted molar refractivity (Wildman–Crippen MR) is 121 cm³/mol. The highest BCUT2D eigenvalue weighted by atomic mass is 35.5. The Morgan fingerprint density at radius 3 is 1.94 bits per heavy atom. The maximum atomic E-state index is 11.1. The third kappa shape index (κ3) is 8.68. The van der Waals surface area contributed by atoms with E-state index in [2.05, 4.69) is 9.47 Å². The van der Waals surface area contributed by atoms with Crippen molar-refractivity contribution in [3.05, 3.63) is 56.6 Å². The third-order valence-electron chi connectivity index (χ3n) is 3.58. The zero-order valence-electron chi connectivity index (χ0n) is 17.2. The summed E-state index contributed by atoms with van der Waals surface area (Å²) in [6.45, 7) is 0. The van der Waals surface area contributed by atoms with Crippen molar-refractivity contribution in [2.24, 2.45) is 0 Å². The number of rotatable bonds is 4. The standard InChI is InChI=1S/C9H7NO6.C6H5NO4.C3H4Cl2O2.CH4/c1-14-8(11)9-15-6-4-2-3-5(10(12)13)7(6)16-9;8-5-3-1-2-4(6(5)9)7(10)11;1-7-3(6)2(4)5;/h2-4,9H,1H3;1-3,8-9H;2H,1H3;1H4. The molecule has 1 aliphatic rings. The number of para-hydroxylation sites is 2. The maximum absolute atomic E-state index is 11.1. The smallest absolute Gasteiger partial charge is 0.389 e. The van der Waals surface area contributed by atoms with Gasteiger partial charge in [0.2, 0.25) is 16.3 Å². The number of aromatic hydroxyl groups is 2. The molecule has 0 radical (unpaired) electrons. The largest absolute Gasteiger partial charge is 0.504 e. The van der Waals surface area contributed by atoms with Gasteiger partial charge >= 0.3 is 29.6 Å². The Balaban J connectivity index is 0.000000533. The van der Waals surface area contributed by atoms with Crippen LogP contribution in [0.3, 0.4) is 0 Å². The van der Waals surface area contributed by atoms with Crippen LogP contribution >= 0.6 is 23.2 Å². The molecular weight excluding hydrogens is 519 g/mol. The van der Waals surface area contributed by atoms with Crippen molar-refractivity contribution in [3.63, 3.8) is 0 Å². The van der Waals surface area contributed by atoms with Gasteiger partial charge in [0.1, 0.15) is 0 Å². The van der Waals surface area contributed by atoms with E-state index in [-0.39, 0.29) is 24.6 Å². The van der Waals surface area contributed by atoms with Crippen LogP contribution in [0.5, 0.6) is 23.0 Å². The second-order valence-corrected chi connectivity index (χ2v) is 6.77. The maximum Gasteiger partial charge on any atom is 0.389 e. The lowest BCUT2D eigenvalue weighted by molar-refractivity contribution is -0.386. The number of nitro benzene ring substituents is 2. The highest BCUT2D eigenvalue weighted by molar-refractivity contribution is 6.52. The van der Waals surface area contributed by atoms with Crippen LogP contribution in [0, 0.1) is 20.2 Å². The van der Waals surface area contributed by atoms with E-state index in [1.807, 2.05) is 0 Å². The molecule has 0 spiro atoms. The Morgan fingerprint density at radius 2 is 1.51 bits per heavy atom. The van der Waals surface area contributed by atoms with E-state index >= 15 is 0 Å². The molecule has 1 atom stereocenters. The number of benzene rings is 2. The molecular formula is C19H20Cl2N2O12. The Morgan fingerprint density at radius 1 is 0.971 bits per heavy atom. The first-order valence-corrected chi connectivity index (χ1v) is 9.51. The van der Waals surface area contributed by atoms with Gasteiger partial charge in [-0.05, 0) is 12.1 Å². The zero-order valence-corrected chi connectivity index (χ0v) is 18.8. The summed E-state index contributed by atoms with van der Waals surface area (Å²) < 4.78 is 18.6. The van der Waals surface area contributed by atoms with Gasteiger partial charge in [0, 0.05) is 12.1 Å². The molecule has 35 heavy (non-hydrogen) atoms. The number of nitro groups is 2. The van der Waals surface area contributed by atoms with Crippen LogP contribution < -0.4 is 9.47 Å². The lowest BCUT2D eigenvalue weighted by Crippen LogP contribution is -2.30. The quantitative estimate of drug-likeness (QED) is 0.189. The Labute approximate surface area is 207 Å². The van der Waals surface area contributed by atoms with Crippen LogP contribution in [0.1, 0.15) is 7.43 Å². The summed E-state index contributed by atoms with van der Waals surface area (Å²) in [7, 11) is 2.40. The number of carbonyl (C=O) groups excluding carboxylic acids is 2. The normalized spacial score (nSPS) is 12.5. The predicted octanol–water partition coefficient (Wildman–Crippen LogP) is 3.47. The fourth-order valence-corrected chi connectivity index (χ4v) is 2.23. The molecule has 0 bridgehead atoms. The topological polar surface area (TPSA) is 198 Å². The molecule has 16 heteroatoms. The molecule has 0 saturated heterocycles. The summed E-state index contributed by atoms with van der Waals surface area (Å²) in [5.41, 5.74) is -0.742. The van der Waals surface area contributed by atoms with E-state index in [1.54, 1.807) is 0 Å². The summed E-state index contributed by atoms with van der Waals surface area (Å²) in [4.78, 5) is 39.5. The summed E-state index contributed by atoms with van der Waals surface area (Å²) >= 11 is 10.0. The molecule has 0 fully saturated rings. The fourth-order valence-electron chi connectivity index (χ4n) is 2.05. The van der Waals surface area contributed by atoms with Gasteiger partial charge in [-0.3, -0.25) is 20.2 Å². The minimum Gasteiger partial charge on any atom is -0.504 e. The van der Waals surface area contributed by atoms with Crippen molar-refractivity contribution >= 4 is 46.5 Å². The third-order valence-corrected chi connectivity index (χ3v) is 3.93. The van der Waals surface area contributed by atoms with E-state index in [0.29, 0.717) is 0 Å². The molecule has 1 heterocycles. The summed E-state index contributed by atoms with van der Waals surface area (Å²) in [5.74, 6) is -2.45. The van der Waals surface area contributed by atoms with Crippen molar-refractivity contribution in [3.8, 4) is 23.0 Å². The monoisotopic (exact) mass is 538 g/mol. The lowest BCUT2D eigenvalue weighted by Gasteiger charge is -2.05. The van der Waals surface area contributed by atoms with Crippen LogP contribution in [0.2, 0.25) is 0 Å². The van der Waals surface area contributed by atoms with Crippen molar-refractivity contribution < 1.29 is 48.6 Å². The number of esters is 2. The van der Waals surface area contributed by atoms with Gasteiger partial charge in [-0.2, -0.15) is 0 Å². The van der Waals surface area contributed by atoms with Gasteiger partial charge in [-0.15, -0.1) is 0 Å². The molecule has 0 saturated carbocycles. The van der Waals surface area contributed by atoms with Crippen molar-refractivity contribution in [2.75, 3.05) is 14.2 Å². The van der Waals surface area contributed by atoms with Gasteiger partial charge in [-0.25, -0.2) is 9.59 Å². The van der Waals surface area contributed by atoms with Gasteiger partial charge in [-0.1, -0.05) is 42.8 Å². The van der Waals surface area contributed by atoms with Crippen LogP contribution in [0.15, 0.2) is 36.4 Å². The van der Waals surface area contributed by atoms with E-state index in [4.69, 9.17) is 42.9 Å². The van der Waals surface area contributed by atoms with Crippen LogP contribution in [-0.4, -0.2) is 57.3 Å². The van der Waals surface area contributed by atoms with E-state index in [0.717, 1.165) is 6.07 Å². The van der Waals surface area contributed by atoms with Gasteiger partial charge in [0.15, 0.2) is 11.5 Å². The first-order valence-electron chi connectivity index (χ1n) is 8.64. The number of fused-ring (bicyclic) bond motifs is 1. The van der Waals surface area contributed by atoms with Crippen LogP contribution in [0.25, 0.3) is 0 Å². The minimum absolute atomic E-state index is 0. The van der Waals surface area contributed by atoms with Gasteiger partial charge in [0.25, 0.3) is 0 Å².